The largest absolute Gasteiger partial charge is 0.490 e. The van der Waals surface area contributed by atoms with Crippen molar-refractivity contribution in [3.8, 4) is 11.5 Å². The van der Waals surface area contributed by atoms with E-state index in [0.29, 0.717) is 39.4 Å². The second-order valence-corrected chi connectivity index (χ2v) is 11.0. The molecule has 3 aromatic carbocycles. The standard InChI is InChI=1S/C27H21Cl2IN2O5S/c1-2-36-22-12-16(11-21(30)25(22)37-15-17-5-3-4-6-20(17)29)13-23-26(34)32(27(35)38-23)14-24(33)31-19-9-7-18(28)8-10-19/h3-13H,2,14-15H2,1H3,(H,31,33)/b23-13+. The van der Waals surface area contributed by atoms with Crippen LogP contribution in [0, 0.1) is 3.57 Å². The zero-order chi connectivity index (χ0) is 27.2. The van der Waals surface area contributed by atoms with Gasteiger partial charge in [-0.15, -0.1) is 0 Å². The van der Waals surface area contributed by atoms with Crippen LogP contribution < -0.4 is 14.8 Å². The summed E-state index contributed by atoms with van der Waals surface area (Å²) in [5, 5.41) is 3.27. The lowest BCUT2D eigenvalue weighted by atomic mass is 10.1. The van der Waals surface area contributed by atoms with Gasteiger partial charge in [-0.2, -0.15) is 0 Å². The minimum absolute atomic E-state index is 0.206. The van der Waals surface area contributed by atoms with Gasteiger partial charge in [-0.05, 0) is 95.4 Å². The third-order valence-electron chi connectivity index (χ3n) is 5.26. The van der Waals surface area contributed by atoms with E-state index in [0.717, 1.165) is 25.8 Å². The van der Waals surface area contributed by atoms with Gasteiger partial charge in [0.05, 0.1) is 15.1 Å². The van der Waals surface area contributed by atoms with Crippen LogP contribution in [0.15, 0.2) is 65.6 Å². The number of carbonyl (C=O) groups excluding carboxylic acids is 3. The van der Waals surface area contributed by atoms with E-state index in [4.69, 9.17) is 32.7 Å². The molecule has 3 aromatic rings. The highest BCUT2D eigenvalue weighted by atomic mass is 127. The van der Waals surface area contributed by atoms with Crippen LogP contribution >= 0.6 is 57.6 Å². The number of amides is 3. The summed E-state index contributed by atoms with van der Waals surface area (Å²) in [7, 11) is 0. The topological polar surface area (TPSA) is 84.9 Å². The van der Waals surface area contributed by atoms with E-state index < -0.39 is 23.6 Å². The maximum Gasteiger partial charge on any atom is 0.294 e. The molecule has 0 aromatic heterocycles. The summed E-state index contributed by atoms with van der Waals surface area (Å²) in [6, 6.07) is 17.5. The van der Waals surface area contributed by atoms with E-state index in [2.05, 4.69) is 27.9 Å². The van der Waals surface area contributed by atoms with Crippen molar-refractivity contribution < 1.29 is 23.9 Å². The zero-order valence-corrected chi connectivity index (χ0v) is 24.5. The summed E-state index contributed by atoms with van der Waals surface area (Å²) in [6.45, 7) is 2.12. The predicted octanol–water partition coefficient (Wildman–Crippen LogP) is 7.25. The number of rotatable bonds is 9. The highest BCUT2D eigenvalue weighted by molar-refractivity contribution is 14.1. The fraction of sp³-hybridized carbons (Fsp3) is 0.148. The molecule has 0 spiro atoms. The van der Waals surface area contributed by atoms with Crippen LogP contribution in [0.5, 0.6) is 11.5 Å². The van der Waals surface area contributed by atoms with Crippen molar-refractivity contribution in [2.75, 3.05) is 18.5 Å². The van der Waals surface area contributed by atoms with Crippen LogP contribution in [0.4, 0.5) is 10.5 Å². The number of benzene rings is 3. The van der Waals surface area contributed by atoms with Gasteiger partial charge in [0.15, 0.2) is 11.5 Å². The Balaban J connectivity index is 1.49. The highest BCUT2D eigenvalue weighted by Gasteiger charge is 2.36. The fourth-order valence-electron chi connectivity index (χ4n) is 3.50. The molecule has 7 nitrogen and oxygen atoms in total. The van der Waals surface area contributed by atoms with Gasteiger partial charge in [-0.3, -0.25) is 19.3 Å². The molecule has 1 saturated heterocycles. The van der Waals surface area contributed by atoms with Gasteiger partial charge >= 0.3 is 0 Å². The monoisotopic (exact) mass is 682 g/mol. The Kier molecular flexibility index (Phi) is 9.59. The Morgan fingerprint density at radius 1 is 1.08 bits per heavy atom. The minimum atomic E-state index is -0.543. The van der Waals surface area contributed by atoms with Crippen LogP contribution in [0.2, 0.25) is 10.0 Å². The Morgan fingerprint density at radius 3 is 2.53 bits per heavy atom. The van der Waals surface area contributed by atoms with E-state index in [9.17, 15) is 14.4 Å². The normalized spacial score (nSPS) is 14.2. The van der Waals surface area contributed by atoms with Crippen molar-refractivity contribution in [1.82, 2.24) is 4.90 Å². The first-order valence-corrected chi connectivity index (χ1v) is 14.0. The van der Waals surface area contributed by atoms with E-state index in [1.807, 2.05) is 31.2 Å². The molecule has 4 rings (SSSR count). The smallest absolute Gasteiger partial charge is 0.294 e. The van der Waals surface area contributed by atoms with Crippen LogP contribution in [0.25, 0.3) is 6.08 Å². The lowest BCUT2D eigenvalue weighted by molar-refractivity contribution is -0.127. The van der Waals surface area contributed by atoms with Crippen LogP contribution in [0.1, 0.15) is 18.1 Å². The van der Waals surface area contributed by atoms with Crippen molar-refractivity contribution in [2.24, 2.45) is 0 Å². The summed E-state index contributed by atoms with van der Waals surface area (Å²) in [5.41, 5.74) is 2.00. The number of hydrogen-bond donors (Lipinski definition) is 1. The Morgan fingerprint density at radius 2 is 1.82 bits per heavy atom. The summed E-state index contributed by atoms with van der Waals surface area (Å²) in [4.78, 5) is 39.0. The minimum Gasteiger partial charge on any atom is -0.490 e. The number of hydrogen-bond acceptors (Lipinski definition) is 6. The average Bonchev–Trinajstić information content (AvgIpc) is 3.13. The molecule has 0 unspecified atom stereocenters. The Labute approximate surface area is 247 Å². The van der Waals surface area contributed by atoms with Crippen molar-refractivity contribution in [3.63, 3.8) is 0 Å². The molecule has 1 aliphatic heterocycles. The molecule has 0 aliphatic carbocycles. The number of imide groups is 1. The molecule has 1 aliphatic rings. The Hall–Kier alpha value is -2.73. The van der Waals surface area contributed by atoms with Crippen molar-refractivity contribution >= 4 is 86.4 Å². The second kappa shape index (κ2) is 12.9. The van der Waals surface area contributed by atoms with E-state index in [1.54, 1.807) is 42.5 Å². The van der Waals surface area contributed by atoms with E-state index in [1.165, 1.54) is 0 Å². The molecule has 0 bridgehead atoms. The molecule has 1 fully saturated rings. The summed E-state index contributed by atoms with van der Waals surface area (Å²) >= 11 is 15.0. The van der Waals surface area contributed by atoms with E-state index >= 15 is 0 Å². The maximum absolute atomic E-state index is 13.0. The number of nitrogens with one attached hydrogen (secondary N) is 1. The summed E-state index contributed by atoms with van der Waals surface area (Å²) < 4.78 is 12.6. The van der Waals surface area contributed by atoms with E-state index in [-0.39, 0.29) is 11.5 Å². The SMILES string of the molecule is CCOc1cc(/C=C2/SC(=O)N(CC(=O)Nc3ccc(Cl)cc3)C2=O)cc(I)c1OCc1ccccc1Cl. The first-order valence-electron chi connectivity index (χ1n) is 11.4. The first kappa shape index (κ1) is 28.3. The molecule has 1 heterocycles. The number of thioether (sulfide) groups is 1. The zero-order valence-electron chi connectivity index (χ0n) is 20.0. The third-order valence-corrected chi connectivity index (χ3v) is 7.59. The van der Waals surface area contributed by atoms with Gasteiger partial charge in [0, 0.05) is 21.3 Å². The summed E-state index contributed by atoms with van der Waals surface area (Å²) in [6.07, 6.45) is 1.60. The predicted molar refractivity (Wildman–Crippen MR) is 159 cm³/mol. The van der Waals surface area contributed by atoms with Gasteiger partial charge < -0.3 is 14.8 Å². The first-order chi connectivity index (χ1) is 18.2. The average molecular weight is 683 g/mol. The molecule has 0 saturated carbocycles. The quantitative estimate of drug-likeness (QED) is 0.189. The van der Waals surface area contributed by atoms with Gasteiger partial charge in [-0.1, -0.05) is 41.4 Å². The number of nitrogens with zero attached hydrogens (tertiary/aromatic N) is 1. The van der Waals surface area contributed by atoms with Crippen LogP contribution in [-0.4, -0.2) is 35.1 Å². The molecule has 0 radical (unpaired) electrons. The second-order valence-electron chi connectivity index (χ2n) is 7.97. The molecule has 11 heteroatoms. The van der Waals surface area contributed by atoms with Crippen LogP contribution in [0.3, 0.4) is 0 Å². The lowest BCUT2D eigenvalue weighted by Crippen LogP contribution is -2.36. The molecule has 1 N–H and O–H groups in total. The highest BCUT2D eigenvalue weighted by Crippen LogP contribution is 2.38. The van der Waals surface area contributed by atoms with Gasteiger partial charge in [0.2, 0.25) is 5.91 Å². The molecule has 38 heavy (non-hydrogen) atoms. The molecular formula is C27H21Cl2IN2O5S. The fourth-order valence-corrected chi connectivity index (χ4v) is 5.44. The number of carbonyl (C=O) groups is 3. The number of halogens is 3. The maximum atomic E-state index is 13.0. The number of ether oxygens (including phenoxy) is 2. The van der Waals surface area contributed by atoms with Gasteiger partial charge in [-0.25, -0.2) is 0 Å². The molecule has 196 valence electrons. The van der Waals surface area contributed by atoms with Crippen LogP contribution in [-0.2, 0) is 16.2 Å². The van der Waals surface area contributed by atoms with Gasteiger partial charge in [0.25, 0.3) is 11.1 Å². The number of anilines is 1. The van der Waals surface area contributed by atoms with Crippen molar-refractivity contribution in [1.29, 1.82) is 0 Å². The van der Waals surface area contributed by atoms with Gasteiger partial charge in [0.1, 0.15) is 13.2 Å². The van der Waals surface area contributed by atoms with Crippen molar-refractivity contribution in [3.05, 3.63) is 90.3 Å². The summed E-state index contributed by atoms with van der Waals surface area (Å²) in [5.74, 6) is 0.0121. The Bertz CT molecular complexity index is 1420. The lowest BCUT2D eigenvalue weighted by Gasteiger charge is -2.15. The molecule has 3 amide bonds. The molecule has 0 atom stereocenters. The van der Waals surface area contributed by atoms with Crippen molar-refractivity contribution in [2.45, 2.75) is 13.5 Å². The molecular weight excluding hydrogens is 662 g/mol. The third kappa shape index (κ3) is 7.02.